The number of methoxy groups -OCH3 is 1. The second kappa shape index (κ2) is 7.99. The van der Waals surface area contributed by atoms with Crippen molar-refractivity contribution in [1.29, 1.82) is 0 Å². The number of hydrogen-bond acceptors (Lipinski definition) is 5. The summed E-state index contributed by atoms with van der Waals surface area (Å²) in [4.78, 5) is 13.8. The number of para-hydroxylation sites is 1. The van der Waals surface area contributed by atoms with E-state index in [-0.39, 0.29) is 12.5 Å². The summed E-state index contributed by atoms with van der Waals surface area (Å²) in [5.41, 5.74) is 3.76. The molecule has 0 aliphatic carbocycles. The zero-order valence-corrected chi connectivity index (χ0v) is 15.9. The number of anilines is 1. The van der Waals surface area contributed by atoms with E-state index in [9.17, 15) is 4.79 Å². The van der Waals surface area contributed by atoms with E-state index in [1.807, 2.05) is 49.4 Å². The molecule has 0 spiro atoms. The summed E-state index contributed by atoms with van der Waals surface area (Å²) < 4.78 is 5.21. The smallest absolute Gasteiger partial charge is 0.248 e. The maximum absolute atomic E-state index is 12.5. The molecule has 7 nitrogen and oxygen atoms in total. The lowest BCUT2D eigenvalue weighted by Crippen LogP contribution is -2.22. The average molecular weight is 365 g/mol. The summed E-state index contributed by atoms with van der Waals surface area (Å²) >= 11 is 0. The number of amides is 1. The molecule has 0 aliphatic rings. The number of aryl methyl sites for hydroxylation is 1. The highest BCUT2D eigenvalue weighted by atomic mass is 16.5. The number of aromatic nitrogens is 4. The number of carbonyl (C=O) groups is 1. The lowest BCUT2D eigenvalue weighted by Gasteiger charge is -2.16. The molecule has 0 bridgehead atoms. The van der Waals surface area contributed by atoms with E-state index >= 15 is 0 Å². The van der Waals surface area contributed by atoms with Gasteiger partial charge >= 0.3 is 0 Å². The Balaban J connectivity index is 1.74. The molecule has 0 saturated heterocycles. The van der Waals surface area contributed by atoms with Gasteiger partial charge in [-0.25, -0.2) is 0 Å². The number of ether oxygens (including phenoxy) is 1. The highest BCUT2D eigenvalue weighted by Crippen LogP contribution is 2.27. The molecule has 1 amide bonds. The van der Waals surface area contributed by atoms with Crippen molar-refractivity contribution in [3.05, 3.63) is 53.6 Å². The van der Waals surface area contributed by atoms with Gasteiger partial charge in [0, 0.05) is 11.3 Å². The maximum Gasteiger partial charge on any atom is 0.248 e. The van der Waals surface area contributed by atoms with E-state index < -0.39 is 0 Å². The Labute approximate surface area is 158 Å². The normalized spacial score (nSPS) is 10.9. The van der Waals surface area contributed by atoms with E-state index in [0.717, 1.165) is 22.4 Å². The van der Waals surface area contributed by atoms with Crippen LogP contribution in [0.15, 0.2) is 42.5 Å². The quantitative estimate of drug-likeness (QED) is 0.724. The van der Waals surface area contributed by atoms with E-state index in [4.69, 9.17) is 4.74 Å². The van der Waals surface area contributed by atoms with Crippen molar-refractivity contribution in [2.45, 2.75) is 33.2 Å². The van der Waals surface area contributed by atoms with Crippen LogP contribution in [0.2, 0.25) is 0 Å². The minimum absolute atomic E-state index is 0.0111. The fourth-order valence-electron chi connectivity index (χ4n) is 2.84. The van der Waals surface area contributed by atoms with Crippen molar-refractivity contribution >= 4 is 11.6 Å². The zero-order valence-electron chi connectivity index (χ0n) is 15.9. The molecule has 1 N–H and O–H groups in total. The van der Waals surface area contributed by atoms with Crippen molar-refractivity contribution in [2.24, 2.45) is 0 Å². The summed E-state index contributed by atoms with van der Waals surface area (Å²) in [5.74, 6) is 1.27. The van der Waals surface area contributed by atoms with Crippen LogP contribution in [-0.2, 0) is 11.3 Å². The summed E-state index contributed by atoms with van der Waals surface area (Å²) in [6.07, 6.45) is 0. The Kier molecular flexibility index (Phi) is 5.49. The molecule has 0 unspecified atom stereocenters. The fourth-order valence-corrected chi connectivity index (χ4v) is 2.84. The van der Waals surface area contributed by atoms with Gasteiger partial charge in [-0.2, -0.15) is 4.80 Å². The third kappa shape index (κ3) is 4.31. The number of hydrogen-bond donors (Lipinski definition) is 1. The van der Waals surface area contributed by atoms with Crippen molar-refractivity contribution in [3.8, 4) is 17.1 Å². The van der Waals surface area contributed by atoms with Crippen LogP contribution in [0.5, 0.6) is 5.75 Å². The molecule has 0 radical (unpaired) electrons. The van der Waals surface area contributed by atoms with Gasteiger partial charge in [0.15, 0.2) is 0 Å². The van der Waals surface area contributed by atoms with Crippen LogP contribution in [0, 0.1) is 6.92 Å². The fraction of sp³-hybridized carbons (Fsp3) is 0.300. The van der Waals surface area contributed by atoms with Gasteiger partial charge in [-0.05, 0) is 41.3 Å². The minimum atomic E-state index is -0.194. The third-order valence-electron chi connectivity index (χ3n) is 4.26. The average Bonchev–Trinajstić information content (AvgIpc) is 3.11. The zero-order chi connectivity index (χ0) is 19.4. The number of benzene rings is 2. The van der Waals surface area contributed by atoms with E-state index in [2.05, 4.69) is 34.6 Å². The van der Waals surface area contributed by atoms with E-state index in [1.54, 1.807) is 7.11 Å². The molecule has 27 heavy (non-hydrogen) atoms. The number of tetrazole rings is 1. The van der Waals surface area contributed by atoms with Gasteiger partial charge in [0.25, 0.3) is 0 Å². The summed E-state index contributed by atoms with van der Waals surface area (Å²) in [6.45, 7) is 6.17. The van der Waals surface area contributed by atoms with Gasteiger partial charge in [-0.3, -0.25) is 4.79 Å². The Bertz CT molecular complexity index is 949. The number of nitrogens with one attached hydrogen (secondary N) is 1. The highest BCUT2D eigenvalue weighted by molar-refractivity contribution is 5.92. The van der Waals surface area contributed by atoms with Crippen molar-refractivity contribution in [2.75, 3.05) is 12.4 Å². The molecular weight excluding hydrogens is 342 g/mol. The molecule has 0 atom stereocenters. The van der Waals surface area contributed by atoms with E-state index in [0.29, 0.717) is 17.5 Å². The van der Waals surface area contributed by atoms with Gasteiger partial charge in [0.1, 0.15) is 12.3 Å². The Morgan fingerprint density at radius 3 is 2.74 bits per heavy atom. The standard InChI is InChI=1S/C20H23N5O2/c1-13(2)17-10-5-7-14(3)19(17)21-18(26)12-25-23-20(22-24-25)15-8-6-9-16(11-15)27-4/h5-11,13H,12H2,1-4H3,(H,21,26). The van der Waals surface area contributed by atoms with Crippen LogP contribution in [0.25, 0.3) is 11.4 Å². The molecule has 1 aromatic heterocycles. The van der Waals surface area contributed by atoms with E-state index in [1.165, 1.54) is 4.80 Å². The van der Waals surface area contributed by atoms with Gasteiger partial charge < -0.3 is 10.1 Å². The van der Waals surface area contributed by atoms with Gasteiger partial charge in [-0.15, -0.1) is 10.2 Å². The first kappa shape index (κ1) is 18.6. The number of rotatable bonds is 6. The van der Waals surface area contributed by atoms with Crippen LogP contribution >= 0.6 is 0 Å². The Hall–Kier alpha value is -3.22. The van der Waals surface area contributed by atoms with Gasteiger partial charge in [-0.1, -0.05) is 44.2 Å². The van der Waals surface area contributed by atoms with Crippen molar-refractivity contribution in [3.63, 3.8) is 0 Å². The lowest BCUT2D eigenvalue weighted by atomic mass is 9.98. The van der Waals surface area contributed by atoms with Crippen LogP contribution in [-0.4, -0.2) is 33.2 Å². The Morgan fingerprint density at radius 2 is 2.00 bits per heavy atom. The molecule has 0 fully saturated rings. The second-order valence-electron chi connectivity index (χ2n) is 6.62. The molecule has 7 heteroatoms. The van der Waals surface area contributed by atoms with Crippen LogP contribution in [0.4, 0.5) is 5.69 Å². The first-order chi connectivity index (χ1) is 13.0. The van der Waals surface area contributed by atoms with Crippen LogP contribution in [0.1, 0.15) is 30.9 Å². The summed E-state index contributed by atoms with van der Waals surface area (Å²) in [6, 6.07) is 13.4. The maximum atomic E-state index is 12.5. The van der Waals surface area contributed by atoms with Gasteiger partial charge in [0.05, 0.1) is 7.11 Å². The first-order valence-corrected chi connectivity index (χ1v) is 8.79. The Morgan fingerprint density at radius 1 is 1.22 bits per heavy atom. The molecular formula is C20H23N5O2. The predicted molar refractivity (Wildman–Crippen MR) is 104 cm³/mol. The first-order valence-electron chi connectivity index (χ1n) is 8.79. The summed E-state index contributed by atoms with van der Waals surface area (Å²) in [5, 5.41) is 15.3. The molecule has 1 heterocycles. The SMILES string of the molecule is COc1cccc(-c2nnn(CC(=O)Nc3c(C)cccc3C(C)C)n2)c1. The number of carbonyl (C=O) groups excluding carboxylic acids is 1. The number of nitrogens with zero attached hydrogens (tertiary/aromatic N) is 4. The predicted octanol–water partition coefficient (Wildman–Crippen LogP) is 3.42. The third-order valence-corrected chi connectivity index (χ3v) is 4.26. The second-order valence-corrected chi connectivity index (χ2v) is 6.62. The van der Waals surface area contributed by atoms with Crippen molar-refractivity contribution < 1.29 is 9.53 Å². The summed E-state index contributed by atoms with van der Waals surface area (Å²) in [7, 11) is 1.60. The monoisotopic (exact) mass is 365 g/mol. The van der Waals surface area contributed by atoms with Crippen LogP contribution in [0.3, 0.4) is 0 Å². The van der Waals surface area contributed by atoms with Gasteiger partial charge in [0.2, 0.25) is 11.7 Å². The molecule has 3 rings (SSSR count). The topological polar surface area (TPSA) is 81.9 Å². The molecule has 0 aliphatic heterocycles. The highest BCUT2D eigenvalue weighted by Gasteiger charge is 2.14. The molecule has 140 valence electrons. The minimum Gasteiger partial charge on any atom is -0.497 e. The molecule has 3 aromatic rings. The van der Waals surface area contributed by atoms with Crippen LogP contribution < -0.4 is 10.1 Å². The van der Waals surface area contributed by atoms with Crippen molar-refractivity contribution in [1.82, 2.24) is 20.2 Å². The largest absolute Gasteiger partial charge is 0.497 e. The molecule has 2 aromatic carbocycles. The molecule has 0 saturated carbocycles. The lowest BCUT2D eigenvalue weighted by molar-refractivity contribution is -0.117.